The minimum atomic E-state index is -1.05. The number of aliphatic hydroxyl groups excluding tert-OH is 1. The third kappa shape index (κ3) is 6.22. The summed E-state index contributed by atoms with van der Waals surface area (Å²) < 4.78 is 0. The van der Waals surface area contributed by atoms with E-state index in [1.807, 2.05) is 12.1 Å². The molecule has 3 aromatic rings. The molecular weight excluding hydrogens is 468 g/mol. The van der Waals surface area contributed by atoms with Crippen LogP contribution in [0.5, 0.6) is 0 Å². The lowest BCUT2D eigenvalue weighted by Gasteiger charge is -2.20. The molecule has 182 valence electrons. The maximum absolute atomic E-state index is 12.8. The molecule has 9 heteroatoms. The molecule has 0 spiro atoms. The van der Waals surface area contributed by atoms with Crippen LogP contribution in [0.15, 0.2) is 61.1 Å². The minimum Gasteiger partial charge on any atom is -0.478 e. The number of hydrogen-bond acceptors (Lipinski definition) is 6. The van der Waals surface area contributed by atoms with Crippen molar-refractivity contribution in [3.05, 3.63) is 94.0 Å². The van der Waals surface area contributed by atoms with Gasteiger partial charge in [0.15, 0.2) is 0 Å². The molecule has 3 heterocycles. The molecule has 0 bridgehead atoms. The maximum Gasteiger partial charge on any atom is 0.337 e. The lowest BCUT2D eigenvalue weighted by atomic mass is 10.0. The van der Waals surface area contributed by atoms with E-state index in [4.69, 9.17) is 16.7 Å². The number of aromatic nitrogens is 2. The van der Waals surface area contributed by atoms with Crippen LogP contribution < -0.4 is 5.32 Å². The van der Waals surface area contributed by atoms with Gasteiger partial charge < -0.3 is 20.4 Å². The summed E-state index contributed by atoms with van der Waals surface area (Å²) in [6.07, 6.45) is 6.38. The van der Waals surface area contributed by atoms with E-state index >= 15 is 0 Å². The first-order chi connectivity index (χ1) is 16.8. The van der Waals surface area contributed by atoms with Gasteiger partial charge in [0, 0.05) is 55.4 Å². The highest BCUT2D eigenvalue weighted by molar-refractivity contribution is 6.29. The number of aromatic carboxylic acids is 1. The fraction of sp³-hybridized carbons (Fsp3) is 0.308. The lowest BCUT2D eigenvalue weighted by Crippen LogP contribution is -2.35. The summed E-state index contributed by atoms with van der Waals surface area (Å²) >= 11 is 5.84. The first-order valence-electron chi connectivity index (χ1n) is 11.4. The van der Waals surface area contributed by atoms with Crippen LogP contribution in [0.1, 0.15) is 56.4 Å². The van der Waals surface area contributed by atoms with Crippen LogP contribution in [-0.2, 0) is 13.0 Å². The van der Waals surface area contributed by atoms with Crippen LogP contribution in [0.3, 0.4) is 0 Å². The fourth-order valence-electron chi connectivity index (χ4n) is 4.38. The van der Waals surface area contributed by atoms with Crippen LogP contribution in [0.4, 0.5) is 0 Å². The maximum atomic E-state index is 12.8. The van der Waals surface area contributed by atoms with Crippen LogP contribution in [0.2, 0.25) is 5.15 Å². The van der Waals surface area contributed by atoms with E-state index < -0.39 is 12.1 Å². The zero-order valence-corrected chi connectivity index (χ0v) is 20.0. The molecule has 2 aromatic heterocycles. The smallest absolute Gasteiger partial charge is 0.337 e. The molecule has 0 aliphatic carbocycles. The predicted octanol–water partition coefficient (Wildman–Crippen LogP) is 3.50. The van der Waals surface area contributed by atoms with Gasteiger partial charge in [-0.3, -0.25) is 9.78 Å². The number of benzene rings is 1. The molecule has 1 amide bonds. The van der Waals surface area contributed by atoms with Crippen molar-refractivity contribution in [3.63, 3.8) is 0 Å². The molecule has 4 rings (SSSR count). The first kappa shape index (κ1) is 24.8. The zero-order valence-electron chi connectivity index (χ0n) is 19.3. The Balaban J connectivity index is 1.31. The van der Waals surface area contributed by atoms with Gasteiger partial charge in [-0.05, 0) is 54.7 Å². The number of amides is 1. The van der Waals surface area contributed by atoms with E-state index in [0.717, 1.165) is 30.4 Å². The van der Waals surface area contributed by atoms with Gasteiger partial charge in [-0.15, -0.1) is 0 Å². The number of halogens is 1. The van der Waals surface area contributed by atoms with E-state index in [9.17, 15) is 14.7 Å². The van der Waals surface area contributed by atoms with Crippen LogP contribution >= 0.6 is 11.6 Å². The number of hydrogen-bond donors (Lipinski definition) is 3. The van der Waals surface area contributed by atoms with Crippen molar-refractivity contribution >= 4 is 23.5 Å². The third-order valence-corrected chi connectivity index (χ3v) is 6.46. The summed E-state index contributed by atoms with van der Waals surface area (Å²) in [5.41, 5.74) is 3.14. The van der Waals surface area contributed by atoms with Crippen LogP contribution in [-0.4, -0.2) is 56.1 Å². The van der Waals surface area contributed by atoms with E-state index in [1.165, 1.54) is 17.2 Å². The molecule has 3 unspecified atom stereocenters. The topological polar surface area (TPSA) is 116 Å². The Morgan fingerprint density at radius 2 is 1.86 bits per heavy atom. The van der Waals surface area contributed by atoms with Crippen LogP contribution in [0, 0.1) is 0 Å². The van der Waals surface area contributed by atoms with Gasteiger partial charge in [0.1, 0.15) is 5.15 Å². The zero-order chi connectivity index (χ0) is 24.9. The van der Waals surface area contributed by atoms with Crippen molar-refractivity contribution < 1.29 is 19.8 Å². The number of carbonyl (C=O) groups is 2. The quantitative estimate of drug-likeness (QED) is 0.410. The van der Waals surface area contributed by atoms with Gasteiger partial charge in [0.25, 0.3) is 5.91 Å². The standard InChI is InChI=1S/C26H27ClN4O4/c1-31(15-17-10-20(26(34)35)13-28-12-17)25(33)18-4-2-16(3-5-18)11-21-7-8-22(30-21)24(32)19-6-9-23(27)29-14-19/h2-6,9-10,12-14,21-22,24,30,32H,7-8,11,15H2,1H3,(H,34,35). The second kappa shape index (κ2) is 10.9. The second-order valence-electron chi connectivity index (χ2n) is 8.86. The van der Waals surface area contributed by atoms with E-state index in [2.05, 4.69) is 15.3 Å². The van der Waals surface area contributed by atoms with Gasteiger partial charge in [0.2, 0.25) is 0 Å². The molecule has 3 atom stereocenters. The average molecular weight is 495 g/mol. The monoisotopic (exact) mass is 494 g/mol. The number of rotatable bonds is 8. The van der Waals surface area contributed by atoms with Crippen molar-refractivity contribution in [1.82, 2.24) is 20.2 Å². The number of carbonyl (C=O) groups excluding carboxylic acids is 1. The summed E-state index contributed by atoms with van der Waals surface area (Å²) in [5, 5.41) is 23.7. The van der Waals surface area contributed by atoms with E-state index in [0.29, 0.717) is 16.3 Å². The minimum absolute atomic E-state index is 0.0494. The molecule has 1 fully saturated rings. The van der Waals surface area contributed by atoms with Crippen molar-refractivity contribution in [3.8, 4) is 0 Å². The van der Waals surface area contributed by atoms with Gasteiger partial charge in [-0.2, -0.15) is 0 Å². The van der Waals surface area contributed by atoms with Gasteiger partial charge in [-0.25, -0.2) is 9.78 Å². The summed E-state index contributed by atoms with van der Waals surface area (Å²) in [7, 11) is 1.67. The normalized spacial score (nSPS) is 18.3. The summed E-state index contributed by atoms with van der Waals surface area (Å²) in [6, 6.07) is 12.7. The van der Waals surface area contributed by atoms with E-state index in [-0.39, 0.29) is 30.1 Å². The number of aliphatic hydroxyl groups is 1. The molecule has 1 aliphatic rings. The van der Waals surface area contributed by atoms with Crippen molar-refractivity contribution in [2.45, 2.75) is 44.0 Å². The Labute approximate surface area is 208 Å². The Bertz CT molecular complexity index is 1190. The number of carboxylic acids is 1. The van der Waals surface area contributed by atoms with Crippen molar-refractivity contribution in [2.24, 2.45) is 0 Å². The molecule has 3 N–H and O–H groups in total. The predicted molar refractivity (Wildman–Crippen MR) is 131 cm³/mol. The van der Waals surface area contributed by atoms with Crippen molar-refractivity contribution in [1.29, 1.82) is 0 Å². The molecule has 1 aromatic carbocycles. The molecule has 1 aliphatic heterocycles. The highest BCUT2D eigenvalue weighted by Crippen LogP contribution is 2.27. The molecule has 1 saturated heterocycles. The fourth-order valence-corrected chi connectivity index (χ4v) is 4.49. The van der Waals surface area contributed by atoms with Gasteiger partial charge in [-0.1, -0.05) is 29.8 Å². The molecule has 0 saturated carbocycles. The third-order valence-electron chi connectivity index (χ3n) is 6.24. The van der Waals surface area contributed by atoms with Gasteiger partial charge >= 0.3 is 5.97 Å². The Morgan fingerprint density at radius 3 is 2.54 bits per heavy atom. The Kier molecular flexibility index (Phi) is 7.75. The number of pyridine rings is 2. The first-order valence-corrected chi connectivity index (χ1v) is 11.7. The summed E-state index contributed by atoms with van der Waals surface area (Å²) in [6.45, 7) is 0.257. The average Bonchev–Trinajstić information content (AvgIpc) is 3.32. The second-order valence-corrected chi connectivity index (χ2v) is 9.24. The molecule has 35 heavy (non-hydrogen) atoms. The Hall–Kier alpha value is -3.33. The lowest BCUT2D eigenvalue weighted by molar-refractivity contribution is 0.0696. The highest BCUT2D eigenvalue weighted by atomic mass is 35.5. The number of carboxylic acid groups (broad SMARTS) is 1. The largest absolute Gasteiger partial charge is 0.478 e. The SMILES string of the molecule is CN(Cc1cncc(C(=O)O)c1)C(=O)c1ccc(CC2CCC(C(O)c3ccc(Cl)nc3)N2)cc1. The number of nitrogens with one attached hydrogen (secondary N) is 1. The molecule has 0 radical (unpaired) electrons. The Morgan fingerprint density at radius 1 is 1.09 bits per heavy atom. The molecular formula is C26H27ClN4O4. The van der Waals surface area contributed by atoms with E-state index in [1.54, 1.807) is 43.7 Å². The van der Waals surface area contributed by atoms with Crippen molar-refractivity contribution in [2.75, 3.05) is 7.05 Å². The summed E-state index contributed by atoms with van der Waals surface area (Å²) in [5.74, 6) is -1.21. The highest BCUT2D eigenvalue weighted by Gasteiger charge is 2.30. The molecule has 8 nitrogen and oxygen atoms in total. The number of nitrogens with zero attached hydrogens (tertiary/aromatic N) is 3. The van der Waals surface area contributed by atoms with Crippen LogP contribution in [0.25, 0.3) is 0 Å². The summed E-state index contributed by atoms with van der Waals surface area (Å²) in [4.78, 5) is 33.5. The van der Waals surface area contributed by atoms with Gasteiger partial charge in [0.05, 0.1) is 11.7 Å².